The number of hydrogen-bond donors (Lipinski definition) is 1. The SMILES string of the molecule is C=CC1(c2ccccc2Cl)N/C(=C\OCC)CO1. The van der Waals surface area contributed by atoms with Gasteiger partial charge < -0.3 is 14.8 Å². The lowest BCUT2D eigenvalue weighted by molar-refractivity contribution is 0.0299. The van der Waals surface area contributed by atoms with E-state index in [1.54, 1.807) is 12.3 Å². The summed E-state index contributed by atoms with van der Waals surface area (Å²) in [6.45, 7) is 6.83. The Labute approximate surface area is 112 Å². The maximum Gasteiger partial charge on any atom is 0.186 e. The van der Waals surface area contributed by atoms with Gasteiger partial charge in [0.25, 0.3) is 0 Å². The Kier molecular flexibility index (Phi) is 3.94. The van der Waals surface area contributed by atoms with Gasteiger partial charge in [0, 0.05) is 10.6 Å². The van der Waals surface area contributed by atoms with Crippen molar-refractivity contribution in [2.24, 2.45) is 0 Å². The average molecular weight is 266 g/mol. The van der Waals surface area contributed by atoms with Crippen molar-refractivity contribution in [3.8, 4) is 0 Å². The van der Waals surface area contributed by atoms with Crippen molar-refractivity contribution < 1.29 is 9.47 Å². The summed E-state index contributed by atoms with van der Waals surface area (Å²) in [4.78, 5) is 0. The molecule has 1 aliphatic heterocycles. The van der Waals surface area contributed by atoms with Gasteiger partial charge >= 0.3 is 0 Å². The van der Waals surface area contributed by atoms with E-state index in [4.69, 9.17) is 21.1 Å². The van der Waals surface area contributed by atoms with Crippen molar-refractivity contribution in [3.63, 3.8) is 0 Å². The molecule has 1 aromatic rings. The number of benzene rings is 1. The quantitative estimate of drug-likeness (QED) is 0.670. The molecule has 18 heavy (non-hydrogen) atoms. The molecule has 1 fully saturated rings. The minimum absolute atomic E-state index is 0.442. The third kappa shape index (κ3) is 2.37. The fourth-order valence-corrected chi connectivity index (χ4v) is 2.15. The molecule has 1 atom stereocenters. The third-order valence-electron chi connectivity index (χ3n) is 2.76. The number of nitrogens with one attached hydrogen (secondary N) is 1. The van der Waals surface area contributed by atoms with E-state index in [2.05, 4.69) is 11.9 Å². The van der Waals surface area contributed by atoms with Crippen molar-refractivity contribution in [3.05, 3.63) is 59.5 Å². The summed E-state index contributed by atoms with van der Waals surface area (Å²) in [5.74, 6) is 0. The first-order valence-corrected chi connectivity index (χ1v) is 6.21. The Hall–Kier alpha value is -1.45. The van der Waals surface area contributed by atoms with Crippen LogP contribution >= 0.6 is 11.6 Å². The summed E-state index contributed by atoms with van der Waals surface area (Å²) in [7, 11) is 0. The van der Waals surface area contributed by atoms with Gasteiger partial charge in [-0.25, -0.2) is 0 Å². The highest BCUT2D eigenvalue weighted by Gasteiger charge is 2.37. The van der Waals surface area contributed by atoms with E-state index in [-0.39, 0.29) is 0 Å². The molecule has 0 bridgehead atoms. The molecule has 0 spiro atoms. The zero-order chi connectivity index (χ0) is 13.0. The van der Waals surface area contributed by atoms with E-state index in [0.29, 0.717) is 18.2 Å². The van der Waals surface area contributed by atoms with Crippen LogP contribution in [0.1, 0.15) is 12.5 Å². The zero-order valence-corrected chi connectivity index (χ0v) is 11.0. The van der Waals surface area contributed by atoms with Gasteiger partial charge in [-0.1, -0.05) is 36.4 Å². The summed E-state index contributed by atoms with van der Waals surface area (Å²) in [6.07, 6.45) is 3.38. The van der Waals surface area contributed by atoms with Crippen LogP contribution in [-0.4, -0.2) is 13.2 Å². The van der Waals surface area contributed by atoms with Crippen molar-refractivity contribution in [2.75, 3.05) is 13.2 Å². The summed E-state index contributed by atoms with van der Waals surface area (Å²) in [6, 6.07) is 7.55. The van der Waals surface area contributed by atoms with E-state index in [9.17, 15) is 0 Å². The molecule has 1 unspecified atom stereocenters. The van der Waals surface area contributed by atoms with E-state index in [0.717, 1.165) is 11.3 Å². The van der Waals surface area contributed by atoms with Gasteiger partial charge in [0.2, 0.25) is 0 Å². The summed E-state index contributed by atoms with van der Waals surface area (Å²) in [5.41, 5.74) is 0.944. The second-order valence-electron chi connectivity index (χ2n) is 3.93. The van der Waals surface area contributed by atoms with Gasteiger partial charge in [-0.05, 0) is 19.1 Å². The van der Waals surface area contributed by atoms with Crippen LogP contribution in [0.2, 0.25) is 5.02 Å². The minimum Gasteiger partial charge on any atom is -0.500 e. The monoisotopic (exact) mass is 265 g/mol. The molecular formula is C14H16ClNO2. The maximum absolute atomic E-state index is 6.21. The van der Waals surface area contributed by atoms with E-state index in [1.165, 1.54) is 0 Å². The Morgan fingerprint density at radius 2 is 2.33 bits per heavy atom. The summed E-state index contributed by atoms with van der Waals surface area (Å²) >= 11 is 6.21. The minimum atomic E-state index is -0.777. The highest BCUT2D eigenvalue weighted by molar-refractivity contribution is 6.31. The van der Waals surface area contributed by atoms with Gasteiger partial charge in [0.05, 0.1) is 18.9 Å². The fraction of sp³-hybridized carbons (Fsp3) is 0.286. The normalized spacial score (nSPS) is 24.9. The average Bonchev–Trinajstić information content (AvgIpc) is 2.81. The molecule has 96 valence electrons. The molecule has 1 aliphatic rings. The summed E-state index contributed by atoms with van der Waals surface area (Å²) in [5, 5.41) is 3.90. The molecule has 1 N–H and O–H groups in total. The lowest BCUT2D eigenvalue weighted by Gasteiger charge is -2.26. The van der Waals surface area contributed by atoms with E-state index in [1.807, 2.05) is 31.2 Å². The lowest BCUT2D eigenvalue weighted by atomic mass is 10.0. The number of ether oxygens (including phenoxy) is 2. The molecule has 0 saturated carbocycles. The second kappa shape index (κ2) is 5.46. The van der Waals surface area contributed by atoms with E-state index >= 15 is 0 Å². The van der Waals surface area contributed by atoms with Crippen LogP contribution in [0, 0.1) is 0 Å². The van der Waals surface area contributed by atoms with Crippen molar-refractivity contribution in [2.45, 2.75) is 12.6 Å². The van der Waals surface area contributed by atoms with Crippen molar-refractivity contribution >= 4 is 11.6 Å². The third-order valence-corrected chi connectivity index (χ3v) is 3.08. The largest absolute Gasteiger partial charge is 0.500 e. The van der Waals surface area contributed by atoms with Gasteiger partial charge in [-0.3, -0.25) is 0 Å². The van der Waals surface area contributed by atoms with Crippen LogP contribution < -0.4 is 5.32 Å². The number of rotatable bonds is 4. The molecule has 1 aromatic carbocycles. The van der Waals surface area contributed by atoms with Gasteiger partial charge in [0.15, 0.2) is 5.72 Å². The molecule has 0 aliphatic carbocycles. The van der Waals surface area contributed by atoms with E-state index < -0.39 is 5.72 Å². The van der Waals surface area contributed by atoms with Crippen LogP contribution in [0.3, 0.4) is 0 Å². The topological polar surface area (TPSA) is 30.5 Å². The van der Waals surface area contributed by atoms with Gasteiger partial charge in [-0.2, -0.15) is 0 Å². The van der Waals surface area contributed by atoms with Crippen molar-refractivity contribution in [1.82, 2.24) is 5.32 Å². The van der Waals surface area contributed by atoms with Crippen LogP contribution in [0.5, 0.6) is 0 Å². The first-order valence-electron chi connectivity index (χ1n) is 5.83. The predicted molar refractivity (Wildman–Crippen MR) is 72.1 cm³/mol. The van der Waals surface area contributed by atoms with Crippen molar-refractivity contribution in [1.29, 1.82) is 0 Å². The first kappa shape index (κ1) is 13.0. The molecule has 1 saturated heterocycles. The van der Waals surface area contributed by atoms with Crippen LogP contribution in [0.15, 0.2) is 48.9 Å². The highest BCUT2D eigenvalue weighted by Crippen LogP contribution is 2.34. The predicted octanol–water partition coefficient (Wildman–Crippen LogP) is 3.18. The fourth-order valence-electron chi connectivity index (χ4n) is 1.88. The molecule has 2 rings (SSSR count). The van der Waals surface area contributed by atoms with Gasteiger partial charge in [-0.15, -0.1) is 0 Å². The molecule has 0 radical (unpaired) electrons. The molecular weight excluding hydrogens is 250 g/mol. The molecule has 0 amide bonds. The molecule has 4 heteroatoms. The zero-order valence-electron chi connectivity index (χ0n) is 10.3. The summed E-state index contributed by atoms with van der Waals surface area (Å²) < 4.78 is 11.1. The molecule has 3 nitrogen and oxygen atoms in total. The highest BCUT2D eigenvalue weighted by atomic mass is 35.5. The Morgan fingerprint density at radius 1 is 1.56 bits per heavy atom. The van der Waals surface area contributed by atoms with Crippen LogP contribution in [0.25, 0.3) is 0 Å². The standard InChI is InChI=1S/C14H16ClNO2/c1-3-14(12-7-5-6-8-13(12)15)16-11(10-18-14)9-17-4-2/h3,5-9,16H,1,4,10H2,2H3/b11-9-. The lowest BCUT2D eigenvalue weighted by Crippen LogP contribution is -2.35. The molecule has 0 aromatic heterocycles. The number of hydrogen-bond acceptors (Lipinski definition) is 3. The Balaban J connectivity index is 2.29. The smallest absolute Gasteiger partial charge is 0.186 e. The van der Waals surface area contributed by atoms with Crippen LogP contribution in [0.4, 0.5) is 0 Å². The number of halogens is 1. The Bertz CT molecular complexity index is 473. The van der Waals surface area contributed by atoms with Gasteiger partial charge in [0.1, 0.15) is 6.26 Å². The second-order valence-corrected chi connectivity index (χ2v) is 4.34. The Morgan fingerprint density at radius 3 is 3.00 bits per heavy atom. The molecule has 1 heterocycles. The van der Waals surface area contributed by atoms with Crippen LogP contribution in [-0.2, 0) is 15.2 Å². The first-order chi connectivity index (χ1) is 8.72. The maximum atomic E-state index is 6.21.